The van der Waals surface area contributed by atoms with Crippen molar-refractivity contribution in [2.45, 2.75) is 242 Å². The van der Waals surface area contributed by atoms with Gasteiger partial charge in [0.2, 0.25) is 0 Å². The minimum absolute atomic E-state index is 0.318. The molecule has 0 spiro atoms. The van der Waals surface area contributed by atoms with Crippen LogP contribution in [0.1, 0.15) is 214 Å². The largest absolute Gasteiger partial charge is 0.385 e. The molecule has 0 amide bonds. The van der Waals surface area contributed by atoms with Gasteiger partial charge in [-0.3, -0.25) is 0 Å². The molecular formula is C56H94N2O2S7Si2. The van der Waals surface area contributed by atoms with Crippen LogP contribution >= 0.6 is 73.7 Å². The van der Waals surface area contributed by atoms with Crippen LogP contribution in [0.25, 0.3) is 20.4 Å². The summed E-state index contributed by atoms with van der Waals surface area (Å²) in [4.78, 5) is 10.3. The molecule has 2 aromatic heterocycles. The van der Waals surface area contributed by atoms with Gasteiger partial charge in [-0.1, -0.05) is 239 Å². The molecule has 0 N–H and O–H groups in total. The summed E-state index contributed by atoms with van der Waals surface area (Å²) in [6, 6.07) is 17.4. The van der Waals surface area contributed by atoms with Crippen LogP contribution in [0.5, 0.6) is 0 Å². The molecule has 0 bridgehead atoms. The van der Waals surface area contributed by atoms with Crippen molar-refractivity contribution >= 4 is 112 Å². The summed E-state index contributed by atoms with van der Waals surface area (Å²) in [7, 11) is 13.1. The molecule has 69 heavy (non-hydrogen) atoms. The minimum atomic E-state index is -0.318. The van der Waals surface area contributed by atoms with E-state index in [1.807, 2.05) is 88.0 Å². The number of thiazole rings is 2. The van der Waals surface area contributed by atoms with Gasteiger partial charge < -0.3 is 9.47 Å². The van der Waals surface area contributed by atoms with Crippen molar-refractivity contribution in [1.82, 2.24) is 9.97 Å². The van der Waals surface area contributed by atoms with Crippen molar-refractivity contribution in [3.8, 4) is 0 Å². The second-order valence-corrected chi connectivity index (χ2v) is 35.7. The number of fused-ring (bicyclic) bond motifs is 2. The summed E-state index contributed by atoms with van der Waals surface area (Å²) in [6.07, 6.45) is 41.3. The summed E-state index contributed by atoms with van der Waals surface area (Å²) in [6.45, 7) is 9.51. The Kier molecular flexibility index (Phi) is 36.4. The number of unbranched alkanes of at least 4 members (excludes halogenated alkanes) is 24. The number of benzene rings is 2. The highest BCUT2D eigenvalue weighted by Crippen LogP contribution is 2.51. The zero-order valence-corrected chi connectivity index (χ0v) is 51.8. The molecule has 4 aromatic rings. The van der Waals surface area contributed by atoms with Crippen LogP contribution in [0.15, 0.2) is 48.5 Å². The molecule has 0 saturated heterocycles. The number of aromatic nitrogens is 2. The van der Waals surface area contributed by atoms with Crippen molar-refractivity contribution in [2.75, 3.05) is 25.7 Å². The van der Waals surface area contributed by atoms with E-state index in [4.69, 9.17) is 19.4 Å². The van der Waals surface area contributed by atoms with Gasteiger partial charge in [-0.2, -0.15) is 0 Å². The highest BCUT2D eigenvalue weighted by atomic mass is 33.8. The third-order valence-corrected chi connectivity index (χ3v) is 28.8. The first-order valence-corrected chi connectivity index (χ1v) is 40.8. The second-order valence-electron chi connectivity index (χ2n) is 20.2. The highest BCUT2D eigenvalue weighted by molar-refractivity contribution is 9.35. The van der Waals surface area contributed by atoms with E-state index in [2.05, 4.69) is 74.7 Å². The van der Waals surface area contributed by atoms with Crippen molar-refractivity contribution in [3.63, 3.8) is 0 Å². The van der Waals surface area contributed by atoms with Gasteiger partial charge in [0.15, 0.2) is 0 Å². The maximum Gasteiger partial charge on any atom is 0.0978 e. The third kappa shape index (κ3) is 27.6. The van der Waals surface area contributed by atoms with E-state index >= 15 is 0 Å². The van der Waals surface area contributed by atoms with E-state index in [9.17, 15) is 0 Å². The van der Waals surface area contributed by atoms with Crippen LogP contribution in [0, 0.1) is 0 Å². The normalized spacial score (nSPS) is 13.9. The maximum absolute atomic E-state index is 5.68. The van der Waals surface area contributed by atoms with E-state index in [0.717, 1.165) is 11.5 Å². The fourth-order valence-corrected chi connectivity index (χ4v) is 23.8. The molecule has 0 aliphatic carbocycles. The minimum Gasteiger partial charge on any atom is -0.385 e. The molecular weight excluding hydrogens is 1010 g/mol. The van der Waals surface area contributed by atoms with Crippen LogP contribution in [-0.2, 0) is 9.47 Å². The lowest BCUT2D eigenvalue weighted by Crippen LogP contribution is -2.26. The first-order chi connectivity index (χ1) is 33.9. The number of rotatable bonds is 46. The van der Waals surface area contributed by atoms with Gasteiger partial charge in [-0.05, 0) is 79.4 Å². The molecule has 4 nitrogen and oxygen atoms in total. The van der Waals surface area contributed by atoms with Crippen LogP contribution in [0.2, 0.25) is 26.2 Å². The maximum atomic E-state index is 5.68. The molecule has 2 radical (unpaired) electrons. The van der Waals surface area contributed by atoms with Gasteiger partial charge in [0, 0.05) is 49.0 Å². The van der Waals surface area contributed by atoms with Gasteiger partial charge in [-0.25, -0.2) is 9.97 Å². The van der Waals surface area contributed by atoms with E-state index in [1.165, 1.54) is 223 Å². The molecule has 0 fully saturated rings. The van der Waals surface area contributed by atoms with Gasteiger partial charge in [0.05, 0.1) is 48.0 Å². The SMILES string of the molecule is COC(CCCCCCCCCCCCCCCC(CSSSSSCC(CCCCCCCCCCCCCCCC(OC)[Si](C)C)c1nc2ccccc2s1)c1nc2ccccc2s1)[Si](C)C. The average molecular weight is 1110 g/mol. The Balaban J connectivity index is 1.05. The zero-order chi connectivity index (χ0) is 49.0. The number of ether oxygens (including phenoxy) is 2. The fourth-order valence-electron chi connectivity index (χ4n) is 9.57. The molecule has 4 unspecified atom stereocenters. The molecule has 2 aromatic carbocycles. The van der Waals surface area contributed by atoms with Crippen molar-refractivity contribution in [3.05, 3.63) is 58.5 Å². The number of hydrogen-bond acceptors (Lipinski definition) is 11. The van der Waals surface area contributed by atoms with Crippen LogP contribution in [0.4, 0.5) is 0 Å². The number of methoxy groups -OCH3 is 2. The Bertz CT molecular complexity index is 1620. The molecule has 390 valence electrons. The van der Waals surface area contributed by atoms with Crippen molar-refractivity contribution < 1.29 is 9.47 Å². The monoisotopic (exact) mass is 1110 g/mol. The Morgan fingerprint density at radius 3 is 0.986 bits per heavy atom. The predicted octanol–water partition coefficient (Wildman–Crippen LogP) is 21.4. The van der Waals surface area contributed by atoms with Gasteiger partial charge >= 0.3 is 0 Å². The topological polar surface area (TPSA) is 44.2 Å². The lowest BCUT2D eigenvalue weighted by molar-refractivity contribution is 0.151. The summed E-state index contributed by atoms with van der Waals surface area (Å²) >= 11 is 3.85. The van der Waals surface area contributed by atoms with Crippen molar-refractivity contribution in [2.24, 2.45) is 0 Å². The van der Waals surface area contributed by atoms with Gasteiger partial charge in [0.25, 0.3) is 0 Å². The van der Waals surface area contributed by atoms with E-state index in [-0.39, 0.29) is 17.6 Å². The highest BCUT2D eigenvalue weighted by Gasteiger charge is 2.20. The summed E-state index contributed by atoms with van der Waals surface area (Å²) < 4.78 is 14.0. The first-order valence-electron chi connectivity index (χ1n) is 27.5. The van der Waals surface area contributed by atoms with Gasteiger partial charge in [-0.15, -0.1) is 22.7 Å². The lowest BCUT2D eigenvalue weighted by atomic mass is 10.0. The molecule has 0 aliphatic rings. The molecule has 0 saturated carbocycles. The molecule has 13 heteroatoms. The second kappa shape index (κ2) is 40.6. The zero-order valence-electron chi connectivity index (χ0n) is 44.1. The quantitative estimate of drug-likeness (QED) is 0.0245. The first kappa shape index (κ1) is 61.9. The van der Waals surface area contributed by atoms with Crippen LogP contribution in [-0.4, -0.2) is 64.7 Å². The Labute approximate surface area is 453 Å². The van der Waals surface area contributed by atoms with Crippen LogP contribution in [0.3, 0.4) is 0 Å². The fraction of sp³-hybridized carbons (Fsp3) is 0.750. The van der Waals surface area contributed by atoms with E-state index < -0.39 is 0 Å². The Hall–Kier alpha value is 0.324. The standard InChI is InChI=1S/C56H94N2O2S7Si2/c1-59-53(68(3)4)43-31-27-23-19-15-11-7-9-13-17-21-25-29-37-47(55-57-49-39-33-35-41-51(49)63-55)45-61-65-67-66-62-46-48(56-58-50-40-34-36-42-52(50)64-56)38-30-26-22-18-14-10-8-12-16-20-24-28-32-44-54(60-2)69(5)6/h33-36,39-42,47-48,53-54H,7-32,37-38,43-46H2,1-6H3. The smallest absolute Gasteiger partial charge is 0.0978 e. The summed E-state index contributed by atoms with van der Waals surface area (Å²) in [5, 5.41) is 2.69. The van der Waals surface area contributed by atoms with Gasteiger partial charge in [0.1, 0.15) is 0 Å². The molecule has 2 heterocycles. The Morgan fingerprint density at radius 2 is 0.696 bits per heavy atom. The van der Waals surface area contributed by atoms with Crippen molar-refractivity contribution in [1.29, 1.82) is 0 Å². The van der Waals surface area contributed by atoms with E-state index in [0.29, 0.717) is 23.3 Å². The van der Waals surface area contributed by atoms with Crippen LogP contribution < -0.4 is 0 Å². The molecule has 4 rings (SSSR count). The number of hydrogen-bond donors (Lipinski definition) is 0. The molecule has 4 atom stereocenters. The number of para-hydroxylation sites is 2. The Morgan fingerprint density at radius 1 is 0.406 bits per heavy atom. The average Bonchev–Trinajstić information content (AvgIpc) is 3.99. The summed E-state index contributed by atoms with van der Waals surface area (Å²) in [5.74, 6) is 3.35. The lowest BCUT2D eigenvalue weighted by Gasteiger charge is -2.17. The van der Waals surface area contributed by atoms with E-state index in [1.54, 1.807) is 0 Å². The molecule has 0 aliphatic heterocycles. The third-order valence-electron chi connectivity index (χ3n) is 13.9. The summed E-state index contributed by atoms with van der Waals surface area (Å²) in [5.41, 5.74) is 3.42. The number of nitrogens with zero attached hydrogens (tertiary/aromatic N) is 2. The predicted molar refractivity (Wildman–Crippen MR) is 327 cm³/mol.